The summed E-state index contributed by atoms with van der Waals surface area (Å²) < 4.78 is 37.7. The summed E-state index contributed by atoms with van der Waals surface area (Å²) >= 11 is 0. The van der Waals surface area contributed by atoms with E-state index in [2.05, 4.69) is 17.0 Å². The van der Waals surface area contributed by atoms with Gasteiger partial charge < -0.3 is 9.47 Å². The van der Waals surface area contributed by atoms with Gasteiger partial charge in [-0.1, -0.05) is 30.3 Å². The zero-order chi connectivity index (χ0) is 19.1. The summed E-state index contributed by atoms with van der Waals surface area (Å²) in [6, 6.07) is 16.8. The van der Waals surface area contributed by atoms with E-state index in [1.165, 1.54) is 5.56 Å². The smallest absolute Gasteiger partial charge is 0.243 e. The molecule has 0 aromatic heterocycles. The van der Waals surface area contributed by atoms with Crippen LogP contribution in [0.2, 0.25) is 0 Å². The maximum atomic E-state index is 12.9. The Morgan fingerprint density at radius 2 is 1.56 bits per heavy atom. The molecule has 0 atom stereocenters. The van der Waals surface area contributed by atoms with Crippen LogP contribution >= 0.6 is 0 Å². The monoisotopic (exact) mass is 390 g/mol. The fraction of sp³-hybridized carbons (Fsp3) is 0.400. The van der Waals surface area contributed by atoms with Crippen molar-refractivity contribution in [2.24, 2.45) is 0 Å². The van der Waals surface area contributed by atoms with Crippen molar-refractivity contribution in [2.45, 2.75) is 11.4 Å². The van der Waals surface area contributed by atoms with Gasteiger partial charge >= 0.3 is 0 Å². The third-order valence-electron chi connectivity index (χ3n) is 4.60. The summed E-state index contributed by atoms with van der Waals surface area (Å²) in [5.41, 5.74) is 1.25. The lowest BCUT2D eigenvalue weighted by Gasteiger charge is -2.34. The molecule has 2 aromatic carbocycles. The third-order valence-corrected chi connectivity index (χ3v) is 6.51. The van der Waals surface area contributed by atoms with Crippen molar-refractivity contribution in [1.29, 1.82) is 0 Å². The van der Waals surface area contributed by atoms with Crippen LogP contribution in [-0.2, 0) is 21.3 Å². The van der Waals surface area contributed by atoms with Gasteiger partial charge in [-0.15, -0.1) is 0 Å². The predicted octanol–water partition coefficient (Wildman–Crippen LogP) is 2.22. The van der Waals surface area contributed by atoms with E-state index < -0.39 is 10.0 Å². The van der Waals surface area contributed by atoms with Crippen LogP contribution < -0.4 is 4.74 Å². The minimum atomic E-state index is -3.47. The number of sulfonamides is 1. The van der Waals surface area contributed by atoms with E-state index in [4.69, 9.17) is 9.47 Å². The van der Waals surface area contributed by atoms with Crippen molar-refractivity contribution in [2.75, 3.05) is 46.5 Å². The lowest BCUT2D eigenvalue weighted by atomic mass is 10.2. The molecular weight excluding hydrogens is 364 g/mol. The van der Waals surface area contributed by atoms with E-state index in [1.54, 1.807) is 35.7 Å². The molecule has 27 heavy (non-hydrogen) atoms. The van der Waals surface area contributed by atoms with Gasteiger partial charge in [-0.05, 0) is 29.8 Å². The Balaban J connectivity index is 1.56. The zero-order valence-electron chi connectivity index (χ0n) is 15.6. The lowest BCUT2D eigenvalue weighted by molar-refractivity contribution is 0.146. The second kappa shape index (κ2) is 9.32. The topological polar surface area (TPSA) is 59.1 Å². The Morgan fingerprint density at radius 3 is 2.19 bits per heavy atom. The Hall–Kier alpha value is -1.93. The largest absolute Gasteiger partial charge is 0.491 e. The van der Waals surface area contributed by atoms with Gasteiger partial charge in [0, 0.05) is 39.8 Å². The van der Waals surface area contributed by atoms with Gasteiger partial charge in [0.25, 0.3) is 0 Å². The van der Waals surface area contributed by atoms with Gasteiger partial charge in [0.05, 0.1) is 11.5 Å². The molecule has 1 heterocycles. The van der Waals surface area contributed by atoms with Crippen LogP contribution in [0.3, 0.4) is 0 Å². The maximum Gasteiger partial charge on any atom is 0.243 e. The highest BCUT2D eigenvalue weighted by Crippen LogP contribution is 2.21. The molecule has 6 nitrogen and oxygen atoms in total. The standard InChI is InChI=1S/C20H26N2O4S/c1-25-15-16-26-19-7-9-20(10-8-19)27(23,24)22-13-11-21(12-14-22)17-18-5-3-2-4-6-18/h2-10H,11-17H2,1H3. The minimum Gasteiger partial charge on any atom is -0.491 e. The number of ether oxygens (including phenoxy) is 2. The molecule has 2 aromatic rings. The molecule has 1 fully saturated rings. The Morgan fingerprint density at radius 1 is 0.889 bits per heavy atom. The van der Waals surface area contributed by atoms with Crippen LogP contribution in [0, 0.1) is 0 Å². The molecule has 1 aliphatic heterocycles. The van der Waals surface area contributed by atoms with Crippen LogP contribution in [0.4, 0.5) is 0 Å². The fourth-order valence-corrected chi connectivity index (χ4v) is 4.49. The van der Waals surface area contributed by atoms with Crippen LogP contribution in [0.5, 0.6) is 5.75 Å². The summed E-state index contributed by atoms with van der Waals surface area (Å²) in [5.74, 6) is 0.638. The van der Waals surface area contributed by atoms with Crippen LogP contribution in [-0.4, -0.2) is 64.1 Å². The molecule has 0 saturated carbocycles. The molecular formula is C20H26N2O4S. The second-order valence-corrected chi connectivity index (χ2v) is 8.42. The average molecular weight is 391 g/mol. The molecule has 0 N–H and O–H groups in total. The van der Waals surface area contributed by atoms with Crippen molar-refractivity contribution in [1.82, 2.24) is 9.21 Å². The first-order valence-corrected chi connectivity index (χ1v) is 10.5. The first kappa shape index (κ1) is 19.8. The quantitative estimate of drug-likeness (QED) is 0.647. The first-order valence-electron chi connectivity index (χ1n) is 9.08. The average Bonchev–Trinajstić information content (AvgIpc) is 2.70. The highest BCUT2D eigenvalue weighted by atomic mass is 32.2. The van der Waals surface area contributed by atoms with E-state index in [-0.39, 0.29) is 0 Å². The number of piperazine rings is 1. The van der Waals surface area contributed by atoms with Crippen molar-refractivity contribution in [3.63, 3.8) is 0 Å². The second-order valence-electron chi connectivity index (χ2n) is 6.48. The van der Waals surface area contributed by atoms with Crippen LogP contribution in [0.15, 0.2) is 59.5 Å². The molecule has 0 amide bonds. The summed E-state index contributed by atoms with van der Waals surface area (Å²) in [5, 5.41) is 0. The van der Waals surface area contributed by atoms with E-state index in [0.29, 0.717) is 36.9 Å². The summed E-state index contributed by atoms with van der Waals surface area (Å²) in [6.45, 7) is 4.24. The SMILES string of the molecule is COCCOc1ccc(S(=O)(=O)N2CCN(Cc3ccccc3)CC2)cc1. The van der Waals surface area contributed by atoms with Gasteiger partial charge in [-0.2, -0.15) is 4.31 Å². The molecule has 146 valence electrons. The minimum absolute atomic E-state index is 0.304. The number of benzene rings is 2. The Kier molecular flexibility index (Phi) is 6.84. The van der Waals surface area contributed by atoms with Crippen molar-refractivity contribution < 1.29 is 17.9 Å². The molecule has 1 aliphatic rings. The zero-order valence-corrected chi connectivity index (χ0v) is 16.4. The van der Waals surface area contributed by atoms with Gasteiger partial charge in [0.2, 0.25) is 10.0 Å². The van der Waals surface area contributed by atoms with Gasteiger partial charge in [0.1, 0.15) is 12.4 Å². The molecule has 0 bridgehead atoms. The lowest BCUT2D eigenvalue weighted by Crippen LogP contribution is -2.48. The third kappa shape index (κ3) is 5.29. The molecule has 1 saturated heterocycles. The summed E-state index contributed by atoms with van der Waals surface area (Å²) in [4.78, 5) is 2.59. The van der Waals surface area contributed by atoms with E-state index in [0.717, 1.165) is 19.6 Å². The number of rotatable bonds is 8. The van der Waals surface area contributed by atoms with Crippen molar-refractivity contribution >= 4 is 10.0 Å². The fourth-order valence-electron chi connectivity index (χ4n) is 3.07. The van der Waals surface area contributed by atoms with Crippen LogP contribution in [0.25, 0.3) is 0 Å². The molecule has 0 unspecified atom stereocenters. The number of methoxy groups -OCH3 is 1. The first-order chi connectivity index (χ1) is 13.1. The van der Waals surface area contributed by atoms with Gasteiger partial charge in [0.15, 0.2) is 0 Å². The van der Waals surface area contributed by atoms with Crippen molar-refractivity contribution in [3.05, 3.63) is 60.2 Å². The van der Waals surface area contributed by atoms with E-state index in [9.17, 15) is 8.42 Å². The number of hydrogen-bond donors (Lipinski definition) is 0. The molecule has 3 rings (SSSR count). The molecule has 7 heteroatoms. The summed E-state index contributed by atoms with van der Waals surface area (Å²) in [6.07, 6.45) is 0. The highest BCUT2D eigenvalue weighted by Gasteiger charge is 2.28. The van der Waals surface area contributed by atoms with Crippen molar-refractivity contribution in [3.8, 4) is 5.75 Å². The molecule has 0 spiro atoms. The molecule has 0 aliphatic carbocycles. The van der Waals surface area contributed by atoms with Gasteiger partial charge in [-0.3, -0.25) is 4.90 Å². The normalized spacial score (nSPS) is 16.3. The Bertz CT molecular complexity index is 802. The van der Waals surface area contributed by atoms with E-state index >= 15 is 0 Å². The highest BCUT2D eigenvalue weighted by molar-refractivity contribution is 7.89. The molecule has 0 radical (unpaired) electrons. The number of hydrogen-bond acceptors (Lipinski definition) is 5. The predicted molar refractivity (Wildman–Crippen MR) is 104 cm³/mol. The van der Waals surface area contributed by atoms with E-state index in [1.807, 2.05) is 18.2 Å². The van der Waals surface area contributed by atoms with Crippen LogP contribution in [0.1, 0.15) is 5.56 Å². The maximum absolute atomic E-state index is 12.9. The number of nitrogens with zero attached hydrogens (tertiary/aromatic N) is 2. The Labute approximate surface area is 161 Å². The summed E-state index contributed by atoms with van der Waals surface area (Å²) in [7, 11) is -1.86. The van der Waals surface area contributed by atoms with Gasteiger partial charge in [-0.25, -0.2) is 8.42 Å².